The molecule has 0 saturated heterocycles. The molecule has 23 heavy (non-hydrogen) atoms. The van der Waals surface area contributed by atoms with E-state index < -0.39 is 24.7 Å². The molecule has 124 valence electrons. The maximum Gasteiger partial charge on any atom is 0.406 e. The lowest BCUT2D eigenvalue weighted by Gasteiger charge is -2.28. The van der Waals surface area contributed by atoms with Crippen LogP contribution < -0.4 is 0 Å². The third-order valence-electron chi connectivity index (χ3n) is 3.27. The van der Waals surface area contributed by atoms with E-state index in [1.807, 2.05) is 0 Å². The summed E-state index contributed by atoms with van der Waals surface area (Å²) in [7, 11) is 0. The molecule has 2 aromatic heterocycles. The molecule has 0 aliphatic heterocycles. The number of carbonyl (C=O) groups is 1. The van der Waals surface area contributed by atoms with Gasteiger partial charge in [-0.2, -0.15) is 18.3 Å². The van der Waals surface area contributed by atoms with E-state index in [4.69, 9.17) is 0 Å². The summed E-state index contributed by atoms with van der Waals surface area (Å²) in [6.07, 6.45) is 0.266. The Hall–Kier alpha value is -2.38. The van der Waals surface area contributed by atoms with Gasteiger partial charge in [0.05, 0.1) is 5.69 Å². The van der Waals surface area contributed by atoms with Crippen LogP contribution in [0.4, 0.5) is 13.2 Å². The molecule has 0 aliphatic carbocycles. The van der Waals surface area contributed by atoms with Crippen molar-refractivity contribution >= 4 is 5.91 Å². The van der Waals surface area contributed by atoms with Gasteiger partial charge in [0.1, 0.15) is 13.1 Å². The number of carbonyl (C=O) groups excluding carboxylic acids is 1. The number of halogens is 3. The Bertz CT molecular complexity index is 652. The second kappa shape index (κ2) is 6.80. The molecule has 5 nitrogen and oxygen atoms in total. The third kappa shape index (κ3) is 4.54. The fourth-order valence-corrected chi connectivity index (χ4v) is 2.20. The summed E-state index contributed by atoms with van der Waals surface area (Å²) in [5.41, 5.74) is 1.44. The predicted octanol–water partition coefficient (Wildman–Crippen LogP) is 2.74. The zero-order valence-corrected chi connectivity index (χ0v) is 12.8. The number of amides is 1. The summed E-state index contributed by atoms with van der Waals surface area (Å²) < 4.78 is 39.3. The van der Waals surface area contributed by atoms with Crippen LogP contribution in [0.5, 0.6) is 0 Å². The Morgan fingerprint density at radius 3 is 2.43 bits per heavy atom. The van der Waals surface area contributed by atoms with Crippen molar-refractivity contribution in [3.05, 3.63) is 36.8 Å². The minimum atomic E-state index is -4.43. The van der Waals surface area contributed by atoms with Crippen LogP contribution in [0.2, 0.25) is 0 Å². The molecule has 0 aromatic carbocycles. The normalized spacial score (nSPS) is 11.7. The lowest BCUT2D eigenvalue weighted by atomic mass is 10.2. The van der Waals surface area contributed by atoms with Crippen molar-refractivity contribution in [1.82, 2.24) is 19.7 Å². The highest BCUT2D eigenvalue weighted by molar-refractivity contribution is 5.77. The number of aromatic nitrogens is 3. The Kier molecular flexibility index (Phi) is 5.02. The molecular formula is C15H17F3N4O. The number of nitrogens with zero attached hydrogens (tertiary/aromatic N) is 4. The van der Waals surface area contributed by atoms with Crippen LogP contribution in [0.3, 0.4) is 0 Å². The molecule has 0 saturated carbocycles. The first kappa shape index (κ1) is 17.0. The molecule has 0 N–H and O–H groups in total. The van der Waals surface area contributed by atoms with Gasteiger partial charge in [-0.25, -0.2) is 0 Å². The zero-order chi connectivity index (χ0) is 17.0. The fourth-order valence-electron chi connectivity index (χ4n) is 2.20. The summed E-state index contributed by atoms with van der Waals surface area (Å²) in [5, 5.41) is 4.04. The molecule has 2 heterocycles. The highest BCUT2D eigenvalue weighted by atomic mass is 19.4. The van der Waals surface area contributed by atoms with Crippen LogP contribution in [0.1, 0.15) is 13.8 Å². The lowest BCUT2D eigenvalue weighted by Crippen LogP contribution is -2.44. The van der Waals surface area contributed by atoms with Crippen LogP contribution >= 0.6 is 0 Å². The highest BCUT2D eigenvalue weighted by Gasteiger charge is 2.34. The second-order valence-electron chi connectivity index (χ2n) is 5.34. The quantitative estimate of drug-likeness (QED) is 0.849. The topological polar surface area (TPSA) is 51.0 Å². The molecule has 0 atom stereocenters. The number of hydrogen-bond donors (Lipinski definition) is 0. The van der Waals surface area contributed by atoms with Crippen molar-refractivity contribution < 1.29 is 18.0 Å². The standard InChI is InChI=1S/C15H17F3N4O/c1-11(2)21(10-15(16,17)18)14(23)9-22-13(5-8-20-22)12-3-6-19-7-4-12/h3-8,11H,9-10H2,1-2H3. The van der Waals surface area contributed by atoms with Gasteiger partial charge in [0, 0.05) is 30.2 Å². The third-order valence-corrected chi connectivity index (χ3v) is 3.27. The van der Waals surface area contributed by atoms with Crippen molar-refractivity contribution in [3.8, 4) is 11.3 Å². The predicted molar refractivity (Wildman–Crippen MR) is 78.4 cm³/mol. The van der Waals surface area contributed by atoms with Gasteiger partial charge >= 0.3 is 6.18 Å². The largest absolute Gasteiger partial charge is 0.406 e. The Balaban J connectivity index is 2.19. The van der Waals surface area contributed by atoms with Crippen LogP contribution in [0.15, 0.2) is 36.8 Å². The molecule has 0 spiro atoms. The van der Waals surface area contributed by atoms with Crippen LogP contribution in [0.25, 0.3) is 11.3 Å². The molecule has 2 aromatic rings. The van der Waals surface area contributed by atoms with E-state index in [0.717, 1.165) is 10.5 Å². The molecule has 0 aliphatic rings. The van der Waals surface area contributed by atoms with E-state index in [1.165, 1.54) is 10.9 Å². The smallest absolute Gasteiger partial charge is 0.330 e. The average molecular weight is 326 g/mol. The van der Waals surface area contributed by atoms with Gasteiger partial charge in [-0.05, 0) is 32.0 Å². The van der Waals surface area contributed by atoms with E-state index >= 15 is 0 Å². The maximum absolute atomic E-state index is 12.6. The molecular weight excluding hydrogens is 309 g/mol. The van der Waals surface area contributed by atoms with Gasteiger partial charge in [0.15, 0.2) is 0 Å². The molecule has 8 heteroatoms. The highest BCUT2D eigenvalue weighted by Crippen LogP contribution is 2.20. The first-order valence-electron chi connectivity index (χ1n) is 7.06. The van der Waals surface area contributed by atoms with Crippen LogP contribution in [-0.4, -0.2) is 44.3 Å². The van der Waals surface area contributed by atoms with E-state index in [9.17, 15) is 18.0 Å². The lowest BCUT2D eigenvalue weighted by molar-refractivity contribution is -0.165. The Morgan fingerprint density at radius 2 is 1.87 bits per heavy atom. The first-order valence-corrected chi connectivity index (χ1v) is 7.06. The van der Waals surface area contributed by atoms with Gasteiger partial charge < -0.3 is 4.90 Å². The molecule has 0 radical (unpaired) electrons. The number of hydrogen-bond acceptors (Lipinski definition) is 3. The van der Waals surface area contributed by atoms with Gasteiger partial charge in [0.2, 0.25) is 5.91 Å². The van der Waals surface area contributed by atoms with Gasteiger partial charge in [0.25, 0.3) is 0 Å². The summed E-state index contributed by atoms with van der Waals surface area (Å²) in [6.45, 7) is 1.58. The fraction of sp³-hybridized carbons (Fsp3) is 0.400. The number of pyridine rings is 1. The summed E-state index contributed by atoms with van der Waals surface area (Å²) in [6, 6.07) is 4.64. The van der Waals surface area contributed by atoms with E-state index in [1.54, 1.807) is 44.4 Å². The Labute approximate surface area is 131 Å². The molecule has 0 unspecified atom stereocenters. The average Bonchev–Trinajstić information content (AvgIpc) is 2.92. The van der Waals surface area contributed by atoms with Crippen molar-refractivity contribution in [2.45, 2.75) is 32.6 Å². The van der Waals surface area contributed by atoms with Crippen molar-refractivity contribution in [3.63, 3.8) is 0 Å². The van der Waals surface area contributed by atoms with Gasteiger partial charge in [-0.3, -0.25) is 14.5 Å². The summed E-state index contributed by atoms with van der Waals surface area (Å²) >= 11 is 0. The number of alkyl halides is 3. The second-order valence-corrected chi connectivity index (χ2v) is 5.34. The maximum atomic E-state index is 12.6. The molecule has 2 rings (SSSR count). The van der Waals surface area contributed by atoms with Crippen LogP contribution in [0, 0.1) is 0 Å². The van der Waals surface area contributed by atoms with Crippen molar-refractivity contribution in [2.75, 3.05) is 6.54 Å². The summed E-state index contributed by atoms with van der Waals surface area (Å²) in [4.78, 5) is 17.0. The van der Waals surface area contributed by atoms with Crippen molar-refractivity contribution in [1.29, 1.82) is 0 Å². The van der Waals surface area contributed by atoms with Crippen molar-refractivity contribution in [2.24, 2.45) is 0 Å². The SMILES string of the molecule is CC(C)N(CC(F)(F)F)C(=O)Cn1nccc1-c1ccncc1. The van der Waals surface area contributed by atoms with Crippen LogP contribution in [-0.2, 0) is 11.3 Å². The van der Waals surface area contributed by atoms with E-state index in [-0.39, 0.29) is 6.54 Å². The first-order chi connectivity index (χ1) is 10.8. The van der Waals surface area contributed by atoms with E-state index in [0.29, 0.717) is 5.69 Å². The minimum absolute atomic E-state index is 0.251. The zero-order valence-electron chi connectivity index (χ0n) is 12.8. The monoisotopic (exact) mass is 326 g/mol. The minimum Gasteiger partial charge on any atom is -0.330 e. The molecule has 0 fully saturated rings. The van der Waals surface area contributed by atoms with Gasteiger partial charge in [-0.15, -0.1) is 0 Å². The summed E-state index contributed by atoms with van der Waals surface area (Å²) in [5.74, 6) is -0.628. The molecule has 0 bridgehead atoms. The number of rotatable bonds is 5. The van der Waals surface area contributed by atoms with Gasteiger partial charge in [-0.1, -0.05) is 0 Å². The Morgan fingerprint density at radius 1 is 1.22 bits per heavy atom. The molecule has 1 amide bonds. The van der Waals surface area contributed by atoms with E-state index in [2.05, 4.69) is 10.1 Å².